The van der Waals surface area contributed by atoms with Crippen LogP contribution in [-0.4, -0.2) is 39.5 Å². The molecule has 21 heavy (non-hydrogen) atoms. The van der Waals surface area contributed by atoms with E-state index in [-0.39, 0.29) is 5.75 Å². The first-order valence-electron chi connectivity index (χ1n) is 6.21. The van der Waals surface area contributed by atoms with Gasteiger partial charge in [-0.05, 0) is 19.1 Å². The zero-order valence-electron chi connectivity index (χ0n) is 12.3. The average Bonchev–Trinajstić information content (AvgIpc) is 2.46. The van der Waals surface area contributed by atoms with E-state index in [1.54, 1.807) is 18.2 Å². The maximum absolute atomic E-state index is 12.0. The molecule has 1 aromatic carbocycles. The fourth-order valence-corrected chi connectivity index (χ4v) is 2.61. The molecule has 7 heteroatoms. The largest absolute Gasteiger partial charge is 0.497 e. The Morgan fingerprint density at radius 2 is 2.05 bits per heavy atom. The van der Waals surface area contributed by atoms with Crippen LogP contribution in [0.1, 0.15) is 6.92 Å². The summed E-state index contributed by atoms with van der Waals surface area (Å²) in [5.41, 5.74) is 0.379. The summed E-state index contributed by atoms with van der Waals surface area (Å²) in [5, 5.41) is 1.37. The lowest BCUT2D eigenvalue weighted by molar-refractivity contribution is -0.115. The molecule has 1 atom stereocenters. The Hall–Kier alpha value is -2.02. The number of methoxy groups -OCH3 is 2. The summed E-state index contributed by atoms with van der Waals surface area (Å²) >= 11 is 0. The Kier molecular flexibility index (Phi) is 5.78. The van der Waals surface area contributed by atoms with Crippen LogP contribution in [0.25, 0.3) is 0 Å². The molecule has 1 aromatic rings. The zero-order chi connectivity index (χ0) is 16.0. The van der Waals surface area contributed by atoms with Crippen molar-refractivity contribution in [3.63, 3.8) is 0 Å². The van der Waals surface area contributed by atoms with Gasteiger partial charge in [0.25, 0.3) is 0 Å². The highest BCUT2D eigenvalue weighted by Crippen LogP contribution is 2.29. The van der Waals surface area contributed by atoms with Crippen LogP contribution in [0.15, 0.2) is 30.9 Å². The van der Waals surface area contributed by atoms with Crippen molar-refractivity contribution in [1.29, 1.82) is 0 Å². The molecule has 0 spiro atoms. The molecular formula is C14H19NO5S. The lowest BCUT2D eigenvalue weighted by Crippen LogP contribution is -2.33. The molecule has 116 valence electrons. The number of carbonyl (C=O) groups is 1. The normalized spacial score (nSPS) is 12.3. The lowest BCUT2D eigenvalue weighted by Gasteiger charge is -2.15. The maximum atomic E-state index is 12.0. The summed E-state index contributed by atoms with van der Waals surface area (Å²) < 4.78 is 33.9. The van der Waals surface area contributed by atoms with E-state index < -0.39 is 21.0 Å². The Morgan fingerprint density at radius 1 is 1.38 bits per heavy atom. The van der Waals surface area contributed by atoms with E-state index in [0.29, 0.717) is 17.2 Å². The molecule has 0 saturated carbocycles. The van der Waals surface area contributed by atoms with E-state index in [1.807, 2.05) is 0 Å². The first-order valence-corrected chi connectivity index (χ1v) is 7.92. The molecule has 1 unspecified atom stereocenters. The van der Waals surface area contributed by atoms with E-state index in [4.69, 9.17) is 9.47 Å². The SMILES string of the molecule is C=CCS(=O)(=O)C(C)C(=O)Nc1ccc(OC)cc1OC. The molecule has 6 nitrogen and oxygen atoms in total. The van der Waals surface area contributed by atoms with Crippen molar-refractivity contribution in [2.24, 2.45) is 0 Å². The van der Waals surface area contributed by atoms with Crippen LogP contribution < -0.4 is 14.8 Å². The lowest BCUT2D eigenvalue weighted by atomic mass is 10.2. The molecule has 1 N–H and O–H groups in total. The third-order valence-corrected chi connectivity index (χ3v) is 4.92. The number of amides is 1. The van der Waals surface area contributed by atoms with Gasteiger partial charge in [-0.3, -0.25) is 4.79 Å². The Balaban J connectivity index is 2.95. The van der Waals surface area contributed by atoms with Gasteiger partial charge < -0.3 is 14.8 Å². The van der Waals surface area contributed by atoms with Gasteiger partial charge in [0.2, 0.25) is 5.91 Å². The van der Waals surface area contributed by atoms with Crippen LogP contribution >= 0.6 is 0 Å². The smallest absolute Gasteiger partial charge is 0.242 e. The van der Waals surface area contributed by atoms with Crippen LogP contribution in [-0.2, 0) is 14.6 Å². The van der Waals surface area contributed by atoms with E-state index in [2.05, 4.69) is 11.9 Å². The van der Waals surface area contributed by atoms with Crippen LogP contribution in [0.4, 0.5) is 5.69 Å². The number of carbonyl (C=O) groups excluding carboxylic acids is 1. The molecule has 1 rings (SSSR count). The van der Waals surface area contributed by atoms with Gasteiger partial charge >= 0.3 is 0 Å². The van der Waals surface area contributed by atoms with Crippen LogP contribution in [0.2, 0.25) is 0 Å². The summed E-state index contributed by atoms with van der Waals surface area (Å²) in [4.78, 5) is 12.0. The molecule has 0 aliphatic heterocycles. The van der Waals surface area contributed by atoms with Gasteiger partial charge in [0.05, 0.1) is 25.7 Å². The highest BCUT2D eigenvalue weighted by Gasteiger charge is 2.27. The second-order valence-corrected chi connectivity index (χ2v) is 6.68. The van der Waals surface area contributed by atoms with E-state index in [0.717, 1.165) is 0 Å². The fourth-order valence-electron chi connectivity index (χ4n) is 1.61. The van der Waals surface area contributed by atoms with Gasteiger partial charge in [0.15, 0.2) is 9.84 Å². The summed E-state index contributed by atoms with van der Waals surface area (Å²) in [5.74, 6) is 0.0786. The number of benzene rings is 1. The highest BCUT2D eigenvalue weighted by molar-refractivity contribution is 7.92. The van der Waals surface area contributed by atoms with Crippen LogP contribution in [0.3, 0.4) is 0 Å². The Bertz CT molecular complexity index is 624. The van der Waals surface area contributed by atoms with Gasteiger partial charge in [-0.2, -0.15) is 0 Å². The van der Waals surface area contributed by atoms with Gasteiger partial charge in [-0.15, -0.1) is 6.58 Å². The van der Waals surface area contributed by atoms with Gasteiger partial charge in [-0.1, -0.05) is 6.08 Å². The minimum Gasteiger partial charge on any atom is -0.497 e. The molecule has 0 radical (unpaired) electrons. The topological polar surface area (TPSA) is 81.7 Å². The number of ether oxygens (including phenoxy) is 2. The molecule has 0 heterocycles. The zero-order valence-corrected chi connectivity index (χ0v) is 13.1. The summed E-state index contributed by atoms with van der Waals surface area (Å²) in [6.07, 6.45) is 1.26. The van der Waals surface area contributed by atoms with Gasteiger partial charge in [-0.25, -0.2) is 8.42 Å². The molecule has 0 saturated heterocycles. The second-order valence-electron chi connectivity index (χ2n) is 4.32. The fraction of sp³-hybridized carbons (Fsp3) is 0.357. The maximum Gasteiger partial charge on any atom is 0.242 e. The third kappa shape index (κ3) is 4.22. The Morgan fingerprint density at radius 3 is 2.57 bits per heavy atom. The predicted molar refractivity (Wildman–Crippen MR) is 81.6 cm³/mol. The van der Waals surface area contributed by atoms with Crippen molar-refractivity contribution in [3.05, 3.63) is 30.9 Å². The van der Waals surface area contributed by atoms with Crippen molar-refractivity contribution < 1.29 is 22.7 Å². The van der Waals surface area contributed by atoms with Gasteiger partial charge in [0, 0.05) is 6.07 Å². The molecule has 0 fully saturated rings. The van der Waals surface area contributed by atoms with Crippen molar-refractivity contribution in [2.45, 2.75) is 12.2 Å². The average molecular weight is 313 g/mol. The van der Waals surface area contributed by atoms with E-state index >= 15 is 0 Å². The van der Waals surface area contributed by atoms with Crippen molar-refractivity contribution in [1.82, 2.24) is 0 Å². The number of anilines is 1. The predicted octanol–water partition coefficient (Wildman–Crippen LogP) is 1.63. The second kappa shape index (κ2) is 7.12. The van der Waals surface area contributed by atoms with Crippen LogP contribution in [0.5, 0.6) is 11.5 Å². The molecule has 0 aliphatic carbocycles. The van der Waals surface area contributed by atoms with Crippen molar-refractivity contribution in [2.75, 3.05) is 25.3 Å². The molecule has 0 bridgehead atoms. The summed E-state index contributed by atoms with van der Waals surface area (Å²) in [6, 6.07) is 4.82. The van der Waals surface area contributed by atoms with Gasteiger partial charge in [0.1, 0.15) is 16.7 Å². The minimum atomic E-state index is -3.56. The van der Waals surface area contributed by atoms with E-state index in [9.17, 15) is 13.2 Å². The van der Waals surface area contributed by atoms with E-state index in [1.165, 1.54) is 27.2 Å². The number of nitrogens with one attached hydrogen (secondary N) is 1. The molecular weight excluding hydrogens is 294 g/mol. The molecule has 0 aliphatic rings. The third-order valence-electron chi connectivity index (χ3n) is 2.92. The monoisotopic (exact) mass is 313 g/mol. The number of hydrogen-bond donors (Lipinski definition) is 1. The minimum absolute atomic E-state index is 0.249. The Labute approximate surface area is 124 Å². The highest BCUT2D eigenvalue weighted by atomic mass is 32.2. The van der Waals surface area contributed by atoms with Crippen LogP contribution in [0, 0.1) is 0 Å². The number of sulfone groups is 1. The first-order chi connectivity index (χ1) is 9.85. The summed E-state index contributed by atoms with van der Waals surface area (Å²) in [6.45, 7) is 4.71. The summed E-state index contributed by atoms with van der Waals surface area (Å²) in [7, 11) is -0.600. The quantitative estimate of drug-likeness (QED) is 0.774. The standard InChI is InChI=1S/C14H19NO5S/c1-5-8-21(17,18)10(2)14(16)15-12-7-6-11(19-3)9-13(12)20-4/h5-7,9-10H,1,8H2,2-4H3,(H,15,16). The van der Waals surface area contributed by atoms with Crippen molar-refractivity contribution in [3.8, 4) is 11.5 Å². The van der Waals surface area contributed by atoms with Crippen molar-refractivity contribution >= 4 is 21.4 Å². The first kappa shape index (κ1) is 17.0. The molecule has 1 amide bonds. The number of rotatable bonds is 7. The number of hydrogen-bond acceptors (Lipinski definition) is 5. The molecule has 0 aromatic heterocycles.